The number of nitrogen functional groups attached to an aromatic ring is 1. The topological polar surface area (TPSA) is 147 Å². The highest BCUT2D eigenvalue weighted by Crippen LogP contribution is 2.43. The quantitative estimate of drug-likeness (QED) is 0.138. The third-order valence-electron chi connectivity index (χ3n) is 9.54. The van der Waals surface area contributed by atoms with E-state index in [1.165, 1.54) is 22.9 Å². The number of ether oxygens (including phenoxy) is 3. The summed E-state index contributed by atoms with van der Waals surface area (Å²) in [5.74, 6) is -0.933. The normalized spacial score (nSPS) is 17.6. The standard InChI is InChI=1S/C38H42F3N7O5/c1-4-51-33(49)13-8-25-6-9-26(10-7-25)27-11-12-30(48-17-14-24(3)46-48)28(20-27)34(38(39,40)41)53-32-21-31(44-36(42)45-32)47-18-15-37(16-19-47)22-29(43-23-37)35(50)52-5-2/h6-14,17,20-21,29,34,43H,4-5,15-16,18-19,22-23H2,1-3H3,(H2,42,44,45)/b13-8+/t29-,34+/m0/s1. The molecule has 2 aliphatic rings. The average Bonchev–Trinajstić information content (AvgIpc) is 3.76. The first-order valence-electron chi connectivity index (χ1n) is 17.5. The maximum Gasteiger partial charge on any atom is 0.429 e. The molecule has 0 bridgehead atoms. The molecule has 280 valence electrons. The zero-order valence-corrected chi connectivity index (χ0v) is 29.7. The Balaban J connectivity index is 1.27. The number of piperidine rings is 1. The van der Waals surface area contributed by atoms with Crippen LogP contribution < -0.4 is 20.7 Å². The average molecular weight is 734 g/mol. The zero-order valence-electron chi connectivity index (χ0n) is 29.7. The number of carbonyl (C=O) groups is 2. The molecule has 2 fully saturated rings. The minimum Gasteiger partial charge on any atom is -0.465 e. The summed E-state index contributed by atoms with van der Waals surface area (Å²) in [7, 11) is 0. The number of benzene rings is 2. The second kappa shape index (κ2) is 15.7. The fourth-order valence-corrected chi connectivity index (χ4v) is 6.84. The number of nitrogens with zero attached hydrogens (tertiary/aromatic N) is 5. The van der Waals surface area contributed by atoms with E-state index < -0.39 is 18.2 Å². The van der Waals surface area contributed by atoms with Crippen LogP contribution in [0.5, 0.6) is 5.88 Å². The van der Waals surface area contributed by atoms with Crippen LogP contribution in [0.3, 0.4) is 0 Å². The number of carbonyl (C=O) groups excluding carboxylic acids is 2. The summed E-state index contributed by atoms with van der Waals surface area (Å²) in [4.78, 5) is 34.4. The molecule has 0 radical (unpaired) electrons. The van der Waals surface area contributed by atoms with Gasteiger partial charge in [0.25, 0.3) is 0 Å². The molecule has 4 heterocycles. The second-order valence-corrected chi connectivity index (χ2v) is 13.2. The Morgan fingerprint density at radius 1 is 1.02 bits per heavy atom. The van der Waals surface area contributed by atoms with Crippen molar-refractivity contribution in [3.63, 3.8) is 0 Å². The molecule has 0 saturated carbocycles. The lowest BCUT2D eigenvalue weighted by molar-refractivity contribution is -0.198. The molecule has 2 aliphatic heterocycles. The molecule has 2 aromatic carbocycles. The van der Waals surface area contributed by atoms with Gasteiger partial charge in [-0.3, -0.25) is 4.79 Å². The number of hydrogen-bond acceptors (Lipinski definition) is 11. The van der Waals surface area contributed by atoms with Crippen LogP contribution in [-0.2, 0) is 19.1 Å². The van der Waals surface area contributed by atoms with Gasteiger partial charge in [-0.1, -0.05) is 30.3 Å². The van der Waals surface area contributed by atoms with Crippen LogP contribution >= 0.6 is 0 Å². The first-order valence-corrected chi connectivity index (χ1v) is 17.5. The SMILES string of the molecule is CCOC(=O)/C=C/c1ccc(-c2ccc(-n3ccc(C)n3)c([C@@H](Oc3cc(N4CCC5(CC4)CN[C@H](C(=O)OCC)C5)nc(N)n3)C(F)(F)F)c2)cc1. The van der Waals surface area contributed by atoms with Gasteiger partial charge in [-0.15, -0.1) is 0 Å². The van der Waals surface area contributed by atoms with Crippen LogP contribution in [0.25, 0.3) is 22.9 Å². The fraction of sp³-hybridized carbons (Fsp3) is 0.395. The van der Waals surface area contributed by atoms with E-state index in [0.29, 0.717) is 60.9 Å². The van der Waals surface area contributed by atoms with Gasteiger partial charge in [0.05, 0.1) is 24.6 Å². The van der Waals surface area contributed by atoms with Gasteiger partial charge in [-0.05, 0) is 86.4 Å². The van der Waals surface area contributed by atoms with E-state index in [1.807, 2.05) is 4.90 Å². The van der Waals surface area contributed by atoms with Crippen LogP contribution in [0.1, 0.15) is 56.0 Å². The highest BCUT2D eigenvalue weighted by atomic mass is 19.4. The fourth-order valence-electron chi connectivity index (χ4n) is 6.84. The van der Waals surface area contributed by atoms with Gasteiger partial charge in [0.1, 0.15) is 11.9 Å². The van der Waals surface area contributed by atoms with E-state index >= 15 is 13.2 Å². The minimum atomic E-state index is -4.88. The maximum absolute atomic E-state index is 15.1. The lowest BCUT2D eigenvalue weighted by Crippen LogP contribution is -2.41. The van der Waals surface area contributed by atoms with E-state index in [-0.39, 0.29) is 47.1 Å². The number of aryl methyl sites for hydroxylation is 1. The molecule has 0 unspecified atom stereocenters. The van der Waals surface area contributed by atoms with Gasteiger partial charge in [0, 0.05) is 43.5 Å². The number of aromatic nitrogens is 4. The van der Waals surface area contributed by atoms with Crippen molar-refractivity contribution in [2.45, 2.75) is 58.4 Å². The minimum absolute atomic E-state index is 0.0981. The molecule has 2 atom stereocenters. The number of hydrogen-bond donors (Lipinski definition) is 2. The van der Waals surface area contributed by atoms with Crippen LogP contribution in [0.15, 0.2) is 66.9 Å². The molecule has 0 amide bonds. The van der Waals surface area contributed by atoms with Gasteiger partial charge in [-0.25, -0.2) is 9.48 Å². The number of nitrogens with one attached hydrogen (secondary N) is 1. The van der Waals surface area contributed by atoms with Crippen molar-refractivity contribution in [1.82, 2.24) is 25.1 Å². The number of nitrogens with two attached hydrogens (primary N) is 1. The Bertz CT molecular complexity index is 1960. The molecular formula is C38H42F3N7O5. The first-order chi connectivity index (χ1) is 25.4. The molecule has 0 aliphatic carbocycles. The van der Waals surface area contributed by atoms with Crippen LogP contribution in [0, 0.1) is 12.3 Å². The molecule has 15 heteroatoms. The van der Waals surface area contributed by atoms with Gasteiger partial charge in [0.15, 0.2) is 0 Å². The van der Waals surface area contributed by atoms with Crippen molar-refractivity contribution in [1.29, 1.82) is 0 Å². The second-order valence-electron chi connectivity index (χ2n) is 13.2. The number of halogens is 3. The summed E-state index contributed by atoms with van der Waals surface area (Å²) in [6.45, 7) is 7.58. The van der Waals surface area contributed by atoms with Gasteiger partial charge < -0.3 is 30.2 Å². The molecule has 4 aromatic rings. The molecule has 53 heavy (non-hydrogen) atoms. The molecule has 12 nitrogen and oxygen atoms in total. The van der Waals surface area contributed by atoms with Gasteiger partial charge in [-0.2, -0.15) is 28.2 Å². The van der Waals surface area contributed by atoms with Crippen molar-refractivity contribution in [3.05, 3.63) is 83.7 Å². The lowest BCUT2D eigenvalue weighted by atomic mass is 9.76. The smallest absolute Gasteiger partial charge is 0.429 e. The van der Waals surface area contributed by atoms with E-state index in [4.69, 9.17) is 19.9 Å². The molecule has 3 N–H and O–H groups in total. The Morgan fingerprint density at radius 2 is 1.74 bits per heavy atom. The molecule has 2 saturated heterocycles. The summed E-state index contributed by atoms with van der Waals surface area (Å²) >= 11 is 0. The van der Waals surface area contributed by atoms with E-state index in [0.717, 1.165) is 12.8 Å². The summed E-state index contributed by atoms with van der Waals surface area (Å²) in [6, 6.07) is 14.5. The zero-order chi connectivity index (χ0) is 37.8. The monoisotopic (exact) mass is 733 g/mol. The number of rotatable bonds is 11. The summed E-state index contributed by atoms with van der Waals surface area (Å²) < 4.78 is 62.6. The van der Waals surface area contributed by atoms with Crippen LogP contribution in [0.2, 0.25) is 0 Å². The molecule has 6 rings (SSSR count). The Kier molecular flexibility index (Phi) is 11.0. The van der Waals surface area contributed by atoms with Crippen LogP contribution in [-0.4, -0.2) is 76.8 Å². The number of anilines is 2. The van der Waals surface area contributed by atoms with E-state index in [9.17, 15) is 9.59 Å². The van der Waals surface area contributed by atoms with Crippen molar-refractivity contribution >= 4 is 29.8 Å². The number of esters is 2. The molecular weight excluding hydrogens is 691 g/mol. The summed E-state index contributed by atoms with van der Waals surface area (Å²) in [5.41, 5.74) is 8.43. The third kappa shape index (κ3) is 8.79. The third-order valence-corrected chi connectivity index (χ3v) is 9.54. The lowest BCUT2D eigenvalue weighted by Gasteiger charge is -2.39. The summed E-state index contributed by atoms with van der Waals surface area (Å²) in [6.07, 6.45) is -0.700. The van der Waals surface area contributed by atoms with Gasteiger partial charge in [0.2, 0.25) is 17.9 Å². The molecule has 2 aromatic heterocycles. The van der Waals surface area contributed by atoms with Crippen molar-refractivity contribution in [2.24, 2.45) is 5.41 Å². The molecule has 1 spiro atoms. The van der Waals surface area contributed by atoms with Gasteiger partial charge >= 0.3 is 18.1 Å². The van der Waals surface area contributed by atoms with E-state index in [2.05, 4.69) is 20.4 Å². The Morgan fingerprint density at radius 3 is 2.40 bits per heavy atom. The van der Waals surface area contributed by atoms with Crippen LogP contribution in [0.4, 0.5) is 24.9 Å². The largest absolute Gasteiger partial charge is 0.465 e. The highest BCUT2D eigenvalue weighted by molar-refractivity contribution is 5.87. The summed E-state index contributed by atoms with van der Waals surface area (Å²) in [5, 5.41) is 7.67. The maximum atomic E-state index is 15.1. The number of alkyl halides is 3. The van der Waals surface area contributed by atoms with Crippen molar-refractivity contribution < 1.29 is 37.0 Å². The Labute approximate surface area is 305 Å². The van der Waals surface area contributed by atoms with Crippen molar-refractivity contribution in [2.75, 3.05) is 43.5 Å². The van der Waals surface area contributed by atoms with Crippen molar-refractivity contribution in [3.8, 4) is 22.7 Å². The highest BCUT2D eigenvalue weighted by Gasteiger charge is 2.46. The Hall–Kier alpha value is -5.44. The van der Waals surface area contributed by atoms with E-state index in [1.54, 1.807) is 75.5 Å². The predicted molar refractivity (Wildman–Crippen MR) is 192 cm³/mol. The predicted octanol–water partition coefficient (Wildman–Crippen LogP) is 5.99. The first kappa shape index (κ1) is 37.3.